The molecule has 2 aromatic carbocycles. The van der Waals surface area contributed by atoms with Crippen LogP contribution in [0.25, 0.3) is 22.5 Å². The Labute approximate surface area is 367 Å². The number of unbranched alkanes of at least 4 members (excludes halogenated alkanes) is 1. The quantitative estimate of drug-likeness (QED) is 0.0359. The number of anilines is 1. The van der Waals surface area contributed by atoms with Gasteiger partial charge in [-0.25, -0.2) is 9.13 Å². The number of phosphoric ester groups is 2. The summed E-state index contributed by atoms with van der Waals surface area (Å²) >= 11 is 0. The molecule has 3 atom stereocenters. The van der Waals surface area contributed by atoms with Gasteiger partial charge < -0.3 is 48.7 Å². The van der Waals surface area contributed by atoms with Gasteiger partial charge >= 0.3 is 23.9 Å². The minimum absolute atomic E-state index is 0.0112. The number of H-pyrrole nitrogens is 1. The predicted molar refractivity (Wildman–Crippen MR) is 231 cm³/mol. The second-order valence-corrected chi connectivity index (χ2v) is 18.5. The number of carbonyl (C=O) groups excluding carboxylic acids is 2. The van der Waals surface area contributed by atoms with Crippen molar-refractivity contribution >= 4 is 41.4 Å². The van der Waals surface area contributed by atoms with E-state index >= 15 is 0 Å². The molecule has 2 heterocycles. The number of benzene rings is 2. The van der Waals surface area contributed by atoms with Crippen molar-refractivity contribution in [1.82, 2.24) is 15.1 Å². The maximum atomic E-state index is 13.7. The summed E-state index contributed by atoms with van der Waals surface area (Å²) in [6, 6.07) is 15.8. The number of hydrogen-bond acceptors (Lipinski definition) is 14. The summed E-state index contributed by atoms with van der Waals surface area (Å²) in [5.41, 5.74) is 5.05. The Hall–Kier alpha value is -3.07. The fraction of sp³-hybridized carbons (Fsp3) is 0.590. The fourth-order valence-corrected chi connectivity index (χ4v) is 8.08. The Morgan fingerprint density at radius 3 is 1.92 bits per heavy atom. The van der Waals surface area contributed by atoms with Gasteiger partial charge in [-0.05, 0) is 51.2 Å². The smallest absolute Gasteiger partial charge is 0.394 e. The summed E-state index contributed by atoms with van der Waals surface area (Å²) in [5, 5.41) is 16.4. The lowest BCUT2D eigenvalue weighted by Crippen LogP contribution is -2.38. The number of amides is 2. The zero-order valence-corrected chi connectivity index (χ0v) is 38.4. The maximum absolute atomic E-state index is 13.7. The van der Waals surface area contributed by atoms with Crippen molar-refractivity contribution < 1.29 is 79.9 Å². The molecule has 0 radical (unpaired) electrons. The summed E-state index contributed by atoms with van der Waals surface area (Å²) in [6.45, 7) is 4.65. The first-order chi connectivity index (χ1) is 30.1. The van der Waals surface area contributed by atoms with Gasteiger partial charge in [0.25, 0.3) is 0 Å². The van der Waals surface area contributed by atoms with Crippen LogP contribution >= 0.6 is 23.9 Å². The third kappa shape index (κ3) is 18.0. The first-order valence-electron chi connectivity index (χ1n) is 20.6. The summed E-state index contributed by atoms with van der Waals surface area (Å²) in [5.74, 6) is -0.157. The number of ether oxygens (including phenoxy) is 3. The van der Waals surface area contributed by atoms with Crippen LogP contribution in [0.2, 0.25) is 0 Å². The minimum atomic E-state index is -4.39. The van der Waals surface area contributed by atoms with Gasteiger partial charge in [-0.1, -0.05) is 42.5 Å². The number of rotatable bonds is 32. The average molecular weight is 951 g/mol. The number of aliphatic hydroxyl groups excluding tert-OH is 1. The SMILES string of the molecule is CC(C)(CO)n1[nH]c2c1-c1ccccc1CN(C(=O)CCCCC(=O)NCCOCCOCCOCCOP(=O)(O)OCCCOP(=O)(O)OCCCO[PH](=O)O)c1ccccc1-2. The standard InChI is InChI=1S/C39H61N4O17P3/c1-39(2,30-44)43-38-32-12-4-3-11-31(32)29-42(34-14-6-5-13-33(34)37(38)41-43)36(46)16-8-7-15-35(45)40-17-22-53-23-24-54-25-26-55-27-28-60-63(51,52)59-21-10-20-58-62(49,50)57-19-9-18-56-61(47)48/h3-6,11-14,41,44,61H,7-10,15-30H2,1-2H3,(H,40,45)(H,47,48)(H,49,50)(H,51,52). The third-order valence-corrected chi connectivity index (χ3v) is 11.9. The second kappa shape index (κ2) is 26.8. The van der Waals surface area contributed by atoms with Crippen molar-refractivity contribution in [2.24, 2.45) is 0 Å². The highest BCUT2D eigenvalue weighted by molar-refractivity contribution is 7.47. The molecule has 0 spiro atoms. The highest BCUT2D eigenvalue weighted by Crippen LogP contribution is 2.46. The van der Waals surface area contributed by atoms with Gasteiger partial charge in [0.2, 0.25) is 11.8 Å². The van der Waals surface area contributed by atoms with Crippen molar-refractivity contribution in [2.75, 3.05) is 90.7 Å². The van der Waals surface area contributed by atoms with Crippen LogP contribution in [0.1, 0.15) is 57.9 Å². The van der Waals surface area contributed by atoms with Crippen LogP contribution in [0.5, 0.6) is 0 Å². The molecule has 0 fully saturated rings. The van der Waals surface area contributed by atoms with Gasteiger partial charge in [0.05, 0.1) is 108 Å². The van der Waals surface area contributed by atoms with Gasteiger partial charge in [-0.2, -0.15) is 0 Å². The fourth-order valence-electron chi connectivity index (χ4n) is 6.23. The van der Waals surface area contributed by atoms with Gasteiger partial charge in [0.1, 0.15) is 0 Å². The minimum Gasteiger partial charge on any atom is -0.394 e. The Morgan fingerprint density at radius 1 is 0.746 bits per heavy atom. The number of nitrogens with zero attached hydrogens (tertiary/aromatic N) is 2. The monoisotopic (exact) mass is 950 g/mol. The molecule has 63 heavy (non-hydrogen) atoms. The van der Waals surface area contributed by atoms with E-state index in [0.717, 1.165) is 33.8 Å². The van der Waals surface area contributed by atoms with Crippen molar-refractivity contribution in [3.05, 3.63) is 54.1 Å². The van der Waals surface area contributed by atoms with Crippen LogP contribution in [0.15, 0.2) is 48.5 Å². The second-order valence-electron chi connectivity index (χ2n) is 14.8. The number of para-hydroxylation sites is 1. The van der Waals surface area contributed by atoms with E-state index in [9.17, 15) is 38.2 Å². The molecule has 6 N–H and O–H groups in total. The third-order valence-electron chi connectivity index (χ3n) is 9.45. The Balaban J connectivity index is 0.993. The molecule has 0 bridgehead atoms. The molecule has 354 valence electrons. The summed E-state index contributed by atoms with van der Waals surface area (Å²) in [7, 11) is -11.9. The maximum Gasteiger partial charge on any atom is 0.472 e. The zero-order valence-electron chi connectivity index (χ0n) is 35.6. The topological polar surface area (TPSA) is 276 Å². The Morgan fingerprint density at radius 2 is 1.29 bits per heavy atom. The number of carbonyl (C=O) groups is 2. The van der Waals surface area contributed by atoms with E-state index in [1.165, 1.54) is 0 Å². The van der Waals surface area contributed by atoms with Crippen LogP contribution in [0, 0.1) is 0 Å². The van der Waals surface area contributed by atoms with Gasteiger partial charge in [0, 0.05) is 30.5 Å². The van der Waals surface area contributed by atoms with Crippen molar-refractivity contribution in [3.63, 3.8) is 0 Å². The summed E-state index contributed by atoms with van der Waals surface area (Å²) in [6.07, 6.45) is 1.73. The van der Waals surface area contributed by atoms with Gasteiger partial charge in [-0.15, -0.1) is 0 Å². The molecule has 2 amide bonds. The lowest BCUT2D eigenvalue weighted by atomic mass is 9.92. The van der Waals surface area contributed by atoms with E-state index in [-0.39, 0.29) is 104 Å². The van der Waals surface area contributed by atoms with Gasteiger partial charge in [-0.3, -0.25) is 42.0 Å². The van der Waals surface area contributed by atoms with E-state index < -0.39 is 29.4 Å². The number of nitrogens with one attached hydrogen (secondary N) is 2. The van der Waals surface area contributed by atoms with E-state index in [2.05, 4.69) is 19.5 Å². The largest absolute Gasteiger partial charge is 0.472 e. The van der Waals surface area contributed by atoms with E-state index in [1.54, 1.807) is 0 Å². The number of aromatic nitrogens is 2. The van der Waals surface area contributed by atoms with Crippen LogP contribution in [-0.2, 0) is 72.2 Å². The lowest BCUT2D eigenvalue weighted by Gasteiger charge is -2.38. The average Bonchev–Trinajstić information content (AvgIpc) is 3.22. The highest BCUT2D eigenvalue weighted by atomic mass is 31.2. The predicted octanol–water partition coefficient (Wildman–Crippen LogP) is 4.90. The lowest BCUT2D eigenvalue weighted by molar-refractivity contribution is -0.122. The highest BCUT2D eigenvalue weighted by Gasteiger charge is 2.34. The van der Waals surface area contributed by atoms with E-state index in [4.69, 9.17) is 32.7 Å². The van der Waals surface area contributed by atoms with Crippen molar-refractivity contribution in [1.29, 1.82) is 0 Å². The van der Waals surface area contributed by atoms with Gasteiger partial charge in [0.15, 0.2) is 0 Å². The summed E-state index contributed by atoms with van der Waals surface area (Å²) < 4.78 is 75.7. The van der Waals surface area contributed by atoms with Crippen LogP contribution in [0.4, 0.5) is 5.69 Å². The molecule has 0 saturated heterocycles. The zero-order chi connectivity index (χ0) is 45.7. The molecule has 4 rings (SSSR count). The Kier molecular flexibility index (Phi) is 22.3. The number of aliphatic hydroxyl groups is 1. The van der Waals surface area contributed by atoms with Crippen molar-refractivity contribution in [3.8, 4) is 22.5 Å². The molecule has 3 unspecified atom stereocenters. The molecule has 1 aromatic heterocycles. The van der Waals surface area contributed by atoms with Crippen LogP contribution in [-0.4, -0.2) is 127 Å². The molecule has 3 aromatic rings. The van der Waals surface area contributed by atoms with Crippen molar-refractivity contribution in [2.45, 2.75) is 64.5 Å². The molecular weight excluding hydrogens is 889 g/mol. The Bertz CT molecular complexity index is 1990. The molecule has 1 aliphatic heterocycles. The summed E-state index contributed by atoms with van der Waals surface area (Å²) in [4.78, 5) is 55.8. The first-order valence-corrected chi connectivity index (χ1v) is 24.9. The molecular formula is C39H61N4O17P3. The number of aromatic amines is 1. The number of phosphoric acid groups is 2. The van der Waals surface area contributed by atoms with E-state index in [0.29, 0.717) is 39.1 Å². The van der Waals surface area contributed by atoms with Crippen LogP contribution in [0.3, 0.4) is 0 Å². The molecule has 21 nitrogen and oxygen atoms in total. The van der Waals surface area contributed by atoms with E-state index in [1.807, 2.05) is 72.0 Å². The molecule has 24 heteroatoms. The molecule has 0 saturated carbocycles. The number of fused-ring (bicyclic) bond motifs is 5. The molecule has 0 aliphatic carbocycles. The first kappa shape index (κ1) is 52.6. The van der Waals surface area contributed by atoms with Crippen LogP contribution < -0.4 is 10.2 Å². The number of hydrogen-bond donors (Lipinski definition) is 6. The normalized spacial score (nSPS) is 15.0. The molecule has 1 aliphatic rings.